The van der Waals surface area contributed by atoms with Crippen molar-refractivity contribution in [2.75, 3.05) is 12.3 Å². The van der Waals surface area contributed by atoms with Crippen molar-refractivity contribution in [1.29, 1.82) is 5.26 Å². The van der Waals surface area contributed by atoms with Gasteiger partial charge in [-0.3, -0.25) is 4.79 Å². The van der Waals surface area contributed by atoms with Crippen LogP contribution in [0, 0.1) is 17.1 Å². The quantitative estimate of drug-likeness (QED) is 0.256. The molecule has 3 aromatic carbocycles. The van der Waals surface area contributed by atoms with E-state index in [1.54, 1.807) is 12.1 Å². The molecule has 6 nitrogen and oxygen atoms in total. The van der Waals surface area contributed by atoms with E-state index in [2.05, 4.69) is 16.5 Å². The number of thioether (sulfide) groups is 1. The van der Waals surface area contributed by atoms with Crippen LogP contribution < -0.4 is 11.1 Å². The first kappa shape index (κ1) is 24.0. The maximum absolute atomic E-state index is 13.3. The number of halogens is 1. The van der Waals surface area contributed by atoms with Gasteiger partial charge >= 0.3 is 0 Å². The van der Waals surface area contributed by atoms with Gasteiger partial charge in [0.25, 0.3) is 0 Å². The molecule has 0 aliphatic carbocycles. The highest BCUT2D eigenvalue weighted by atomic mass is 32.2. The van der Waals surface area contributed by atoms with Crippen molar-refractivity contribution >= 4 is 23.5 Å². The number of aryl methyl sites for hydroxylation is 1. The number of hydrogen-bond acceptors (Lipinski definition) is 5. The van der Waals surface area contributed by atoms with Gasteiger partial charge in [-0.25, -0.2) is 9.07 Å². The van der Waals surface area contributed by atoms with Crippen molar-refractivity contribution < 1.29 is 9.18 Å². The van der Waals surface area contributed by atoms with Gasteiger partial charge in [-0.15, -0.1) is 11.8 Å². The van der Waals surface area contributed by atoms with Gasteiger partial charge < -0.3 is 11.1 Å². The molecule has 0 bridgehead atoms. The Kier molecular flexibility index (Phi) is 7.81. The van der Waals surface area contributed by atoms with Crippen molar-refractivity contribution in [2.45, 2.75) is 23.0 Å². The van der Waals surface area contributed by atoms with Crippen LogP contribution in [0.15, 0.2) is 89.8 Å². The third kappa shape index (κ3) is 5.89. The number of nitrogens with one attached hydrogen (secondary N) is 1. The van der Waals surface area contributed by atoms with E-state index in [-0.39, 0.29) is 22.8 Å². The second-order valence-electron chi connectivity index (χ2n) is 7.82. The molecule has 8 heteroatoms. The first-order valence-corrected chi connectivity index (χ1v) is 12.0. The van der Waals surface area contributed by atoms with Crippen LogP contribution in [0.1, 0.15) is 28.5 Å². The van der Waals surface area contributed by atoms with Crippen LogP contribution in [0.4, 0.5) is 10.2 Å². The van der Waals surface area contributed by atoms with E-state index in [4.69, 9.17) is 5.73 Å². The lowest BCUT2D eigenvalue weighted by Crippen LogP contribution is -2.29. The molecule has 0 unspecified atom stereocenters. The Balaban J connectivity index is 1.41. The molecule has 1 atom stereocenters. The fourth-order valence-electron chi connectivity index (χ4n) is 3.65. The third-order valence-electron chi connectivity index (χ3n) is 5.40. The predicted octanol–water partition coefficient (Wildman–Crippen LogP) is 5.05. The van der Waals surface area contributed by atoms with Crippen molar-refractivity contribution in [3.05, 3.63) is 108 Å². The Bertz CT molecular complexity index is 1320. The molecular formula is C27H24FN5OS. The molecule has 0 spiro atoms. The first-order chi connectivity index (χ1) is 17.1. The van der Waals surface area contributed by atoms with Gasteiger partial charge in [-0.05, 0) is 54.8 Å². The highest BCUT2D eigenvalue weighted by Crippen LogP contribution is 2.35. The minimum Gasteiger partial charge on any atom is -0.382 e. The van der Waals surface area contributed by atoms with Crippen molar-refractivity contribution in [2.24, 2.45) is 0 Å². The number of benzene rings is 3. The number of carbonyl (C=O) groups excluding carboxylic acids is 1. The van der Waals surface area contributed by atoms with Gasteiger partial charge in [0.15, 0.2) is 0 Å². The van der Waals surface area contributed by atoms with Crippen LogP contribution in [-0.4, -0.2) is 22.2 Å². The smallest absolute Gasteiger partial charge is 0.237 e. The van der Waals surface area contributed by atoms with E-state index >= 15 is 0 Å². The number of carbonyl (C=O) groups is 1. The number of nitrogens with two attached hydrogens (primary N) is 1. The molecule has 1 amide bonds. The molecule has 3 N–H and O–H groups in total. The van der Waals surface area contributed by atoms with Gasteiger partial charge in [0.2, 0.25) is 5.91 Å². The van der Waals surface area contributed by atoms with Gasteiger partial charge in [0, 0.05) is 11.4 Å². The molecule has 0 fully saturated rings. The zero-order valence-corrected chi connectivity index (χ0v) is 19.7. The molecule has 0 radical (unpaired) electrons. The van der Waals surface area contributed by atoms with Crippen LogP contribution >= 0.6 is 11.8 Å². The number of anilines is 1. The number of aromatic nitrogens is 2. The molecule has 176 valence electrons. The lowest BCUT2D eigenvalue weighted by Gasteiger charge is -2.17. The fraction of sp³-hybridized carbons (Fsp3) is 0.148. The number of nitriles is 1. The van der Waals surface area contributed by atoms with E-state index < -0.39 is 0 Å². The van der Waals surface area contributed by atoms with Gasteiger partial charge in [0.05, 0.1) is 11.4 Å². The van der Waals surface area contributed by atoms with Gasteiger partial charge in [0.1, 0.15) is 28.5 Å². The summed E-state index contributed by atoms with van der Waals surface area (Å²) in [6.45, 7) is 0.422. The summed E-state index contributed by atoms with van der Waals surface area (Å²) in [4.78, 5) is 14.1. The summed E-state index contributed by atoms with van der Waals surface area (Å²) in [6.07, 6.45) is 1.04. The van der Waals surface area contributed by atoms with Crippen LogP contribution in [0.25, 0.3) is 5.69 Å². The fourth-order valence-corrected chi connectivity index (χ4v) is 4.72. The molecule has 0 aliphatic rings. The van der Waals surface area contributed by atoms with E-state index in [0.29, 0.717) is 36.3 Å². The number of nitrogen functional groups attached to an aromatic ring is 1. The Morgan fingerprint density at radius 3 is 2.37 bits per heavy atom. The summed E-state index contributed by atoms with van der Waals surface area (Å²) in [6, 6.07) is 27.3. The Labute approximate surface area is 207 Å². The number of hydrogen-bond donors (Lipinski definition) is 2. The molecule has 1 aromatic heterocycles. The monoisotopic (exact) mass is 485 g/mol. The second kappa shape index (κ2) is 11.4. The summed E-state index contributed by atoms with van der Waals surface area (Å²) >= 11 is 1.50. The van der Waals surface area contributed by atoms with Crippen LogP contribution in [0.2, 0.25) is 0 Å². The first-order valence-electron chi connectivity index (χ1n) is 11.1. The maximum Gasteiger partial charge on any atom is 0.237 e. The largest absolute Gasteiger partial charge is 0.382 e. The lowest BCUT2D eigenvalue weighted by atomic mass is 10.1. The standard InChI is InChI=1S/C27H24FN5OS/c28-20-13-15-21(16-14-20)33-26(30)23(18-29)24(32-33)12-7-17-31-27(34)25(19-8-3-1-4-9-19)35-22-10-5-2-6-11-22/h1-6,8-11,13-16,25H,7,12,17,30H2,(H,31,34)/t25-/m1/s1. The zero-order valence-electron chi connectivity index (χ0n) is 18.9. The average Bonchev–Trinajstić information content (AvgIpc) is 3.21. The number of nitrogens with zero attached hydrogens (tertiary/aromatic N) is 3. The van der Waals surface area contributed by atoms with Crippen LogP contribution in [-0.2, 0) is 11.2 Å². The maximum atomic E-state index is 13.3. The Morgan fingerprint density at radius 2 is 1.71 bits per heavy atom. The molecule has 0 saturated heterocycles. The SMILES string of the molecule is N#Cc1c(CCCNC(=O)[C@H](Sc2ccccc2)c2ccccc2)nn(-c2ccc(F)cc2)c1N. The summed E-state index contributed by atoms with van der Waals surface area (Å²) in [5, 5.41) is 16.7. The van der Waals surface area contributed by atoms with Crippen molar-refractivity contribution in [3.8, 4) is 11.8 Å². The second-order valence-corrected chi connectivity index (χ2v) is 9.00. The summed E-state index contributed by atoms with van der Waals surface area (Å²) in [7, 11) is 0. The van der Waals surface area contributed by atoms with E-state index in [9.17, 15) is 14.4 Å². The molecule has 0 aliphatic heterocycles. The van der Waals surface area contributed by atoms with Gasteiger partial charge in [-0.2, -0.15) is 10.4 Å². The molecule has 0 saturated carbocycles. The molecule has 4 aromatic rings. The number of rotatable bonds is 9. The summed E-state index contributed by atoms with van der Waals surface area (Å²) in [5.41, 5.74) is 8.46. The third-order valence-corrected chi connectivity index (χ3v) is 6.67. The lowest BCUT2D eigenvalue weighted by molar-refractivity contribution is -0.120. The summed E-state index contributed by atoms with van der Waals surface area (Å²) < 4.78 is 14.7. The summed E-state index contributed by atoms with van der Waals surface area (Å²) in [5.74, 6) is -0.237. The molecule has 35 heavy (non-hydrogen) atoms. The highest BCUT2D eigenvalue weighted by Gasteiger charge is 2.22. The molecule has 1 heterocycles. The molecular weight excluding hydrogens is 461 g/mol. The normalized spacial score (nSPS) is 11.5. The van der Waals surface area contributed by atoms with Crippen LogP contribution in [0.3, 0.4) is 0 Å². The predicted molar refractivity (Wildman–Crippen MR) is 135 cm³/mol. The van der Waals surface area contributed by atoms with Crippen LogP contribution in [0.5, 0.6) is 0 Å². The van der Waals surface area contributed by atoms with E-state index in [1.165, 1.54) is 28.6 Å². The van der Waals surface area contributed by atoms with E-state index in [1.807, 2.05) is 60.7 Å². The minimum absolute atomic E-state index is 0.0816. The van der Waals surface area contributed by atoms with Crippen molar-refractivity contribution in [1.82, 2.24) is 15.1 Å². The van der Waals surface area contributed by atoms with E-state index in [0.717, 1.165) is 10.5 Å². The zero-order chi connectivity index (χ0) is 24.6. The average molecular weight is 486 g/mol. The number of amides is 1. The van der Waals surface area contributed by atoms with Gasteiger partial charge in [-0.1, -0.05) is 48.5 Å². The van der Waals surface area contributed by atoms with Crippen molar-refractivity contribution in [3.63, 3.8) is 0 Å². The Hall–Kier alpha value is -4.09. The highest BCUT2D eigenvalue weighted by molar-refractivity contribution is 8.00. The Morgan fingerprint density at radius 1 is 1.06 bits per heavy atom. The molecule has 4 rings (SSSR count). The topological polar surface area (TPSA) is 96.7 Å². The minimum atomic E-state index is -0.387.